The molecule has 0 N–H and O–H groups in total. The van der Waals surface area contributed by atoms with Crippen LogP contribution in [0, 0.1) is 0 Å². The van der Waals surface area contributed by atoms with Crippen molar-refractivity contribution in [3.63, 3.8) is 0 Å². The van der Waals surface area contributed by atoms with E-state index in [1.54, 1.807) is 0 Å². The number of esters is 3. The lowest BCUT2D eigenvalue weighted by atomic mass is 10.0. The minimum absolute atomic E-state index is 0.0752. The van der Waals surface area contributed by atoms with Crippen molar-refractivity contribution in [3.8, 4) is 0 Å². The van der Waals surface area contributed by atoms with Crippen molar-refractivity contribution in [2.75, 3.05) is 13.2 Å². The molecule has 0 aliphatic carbocycles. The lowest BCUT2D eigenvalue weighted by Crippen LogP contribution is -2.30. The molecule has 0 radical (unpaired) electrons. The second-order valence-corrected chi connectivity index (χ2v) is 22.4. The predicted molar refractivity (Wildman–Crippen MR) is 339 cm³/mol. The number of hydrogen-bond acceptors (Lipinski definition) is 6. The minimum atomic E-state index is -0.775. The van der Waals surface area contributed by atoms with Gasteiger partial charge in [-0.3, -0.25) is 14.4 Å². The highest BCUT2D eigenvalue weighted by Crippen LogP contribution is 2.17. The van der Waals surface area contributed by atoms with E-state index in [1.165, 1.54) is 199 Å². The maximum Gasteiger partial charge on any atom is 0.306 e. The van der Waals surface area contributed by atoms with E-state index in [1.807, 2.05) is 0 Å². The molecular formula is C72H126O6. The summed E-state index contributed by atoms with van der Waals surface area (Å²) in [5, 5.41) is 0. The fourth-order valence-electron chi connectivity index (χ4n) is 9.62. The third-order valence-electron chi connectivity index (χ3n) is 14.6. The Balaban J connectivity index is 4.07. The van der Waals surface area contributed by atoms with Crippen molar-refractivity contribution in [1.29, 1.82) is 0 Å². The molecule has 0 aliphatic rings. The Morgan fingerprint density at radius 1 is 0.269 bits per heavy atom. The van der Waals surface area contributed by atoms with Gasteiger partial charge in [-0.2, -0.15) is 0 Å². The molecule has 78 heavy (non-hydrogen) atoms. The maximum atomic E-state index is 12.9. The molecule has 0 spiro atoms. The van der Waals surface area contributed by atoms with E-state index >= 15 is 0 Å². The van der Waals surface area contributed by atoms with Gasteiger partial charge >= 0.3 is 17.9 Å². The van der Waals surface area contributed by atoms with E-state index in [0.717, 1.165) is 96.3 Å². The van der Waals surface area contributed by atoms with Crippen LogP contribution in [0.4, 0.5) is 0 Å². The zero-order valence-electron chi connectivity index (χ0n) is 51.7. The molecule has 6 heteroatoms. The summed E-state index contributed by atoms with van der Waals surface area (Å²) in [5.74, 6) is -0.876. The van der Waals surface area contributed by atoms with E-state index in [-0.39, 0.29) is 31.1 Å². The van der Waals surface area contributed by atoms with Gasteiger partial charge in [-0.1, -0.05) is 305 Å². The zero-order valence-corrected chi connectivity index (χ0v) is 51.7. The van der Waals surface area contributed by atoms with Crippen LogP contribution < -0.4 is 0 Å². The number of carbonyl (C=O) groups excluding carboxylic acids is 3. The lowest BCUT2D eigenvalue weighted by Gasteiger charge is -2.18. The molecule has 0 saturated carbocycles. The van der Waals surface area contributed by atoms with Crippen LogP contribution in [0.1, 0.15) is 335 Å². The van der Waals surface area contributed by atoms with Crippen molar-refractivity contribution in [2.45, 2.75) is 341 Å². The molecule has 450 valence electrons. The van der Waals surface area contributed by atoms with Crippen molar-refractivity contribution < 1.29 is 28.6 Å². The van der Waals surface area contributed by atoms with E-state index in [9.17, 15) is 14.4 Å². The number of unbranched alkanes of at least 4 members (excludes halogenated alkanes) is 36. The predicted octanol–water partition coefficient (Wildman–Crippen LogP) is 23.1. The van der Waals surface area contributed by atoms with Crippen LogP contribution in [0.25, 0.3) is 0 Å². The number of ether oxygens (including phenoxy) is 3. The van der Waals surface area contributed by atoms with Gasteiger partial charge in [0, 0.05) is 19.3 Å². The fourth-order valence-corrected chi connectivity index (χ4v) is 9.62. The quantitative estimate of drug-likeness (QED) is 0.0261. The Morgan fingerprint density at radius 3 is 0.795 bits per heavy atom. The Hall–Kier alpha value is -3.41. The zero-order chi connectivity index (χ0) is 56.4. The van der Waals surface area contributed by atoms with Gasteiger partial charge in [0.05, 0.1) is 0 Å². The Morgan fingerprint density at radius 2 is 0.500 bits per heavy atom. The molecule has 0 aromatic carbocycles. The summed E-state index contributed by atoms with van der Waals surface area (Å²) < 4.78 is 16.8. The Kier molecular flexibility index (Phi) is 63.2. The monoisotopic (exact) mass is 1090 g/mol. The number of carbonyl (C=O) groups is 3. The summed E-state index contributed by atoms with van der Waals surface area (Å²) >= 11 is 0. The summed E-state index contributed by atoms with van der Waals surface area (Å²) in [6.07, 6.45) is 87.8. The van der Waals surface area contributed by atoms with Gasteiger partial charge in [-0.25, -0.2) is 0 Å². The van der Waals surface area contributed by atoms with Crippen LogP contribution in [0.15, 0.2) is 85.1 Å². The molecule has 0 amide bonds. The van der Waals surface area contributed by atoms with Gasteiger partial charge < -0.3 is 14.2 Å². The van der Waals surface area contributed by atoms with Gasteiger partial charge in [-0.15, -0.1) is 0 Å². The summed E-state index contributed by atoms with van der Waals surface area (Å²) in [6.45, 7) is 6.50. The second kappa shape index (κ2) is 66.1. The Bertz CT molecular complexity index is 1480. The summed E-state index contributed by atoms with van der Waals surface area (Å²) in [6, 6.07) is 0. The van der Waals surface area contributed by atoms with Crippen LogP contribution >= 0.6 is 0 Å². The Labute approximate surface area is 484 Å². The molecule has 0 aromatic rings. The first-order valence-corrected chi connectivity index (χ1v) is 33.6. The lowest BCUT2D eigenvalue weighted by molar-refractivity contribution is -0.167. The average Bonchev–Trinajstić information content (AvgIpc) is 3.44. The molecule has 6 nitrogen and oxygen atoms in total. The van der Waals surface area contributed by atoms with E-state index in [4.69, 9.17) is 14.2 Å². The van der Waals surface area contributed by atoms with Gasteiger partial charge in [0.15, 0.2) is 6.10 Å². The topological polar surface area (TPSA) is 78.9 Å². The highest BCUT2D eigenvalue weighted by atomic mass is 16.6. The molecule has 0 aliphatic heterocycles. The highest BCUT2D eigenvalue weighted by molar-refractivity contribution is 5.71. The molecule has 1 unspecified atom stereocenters. The number of rotatable bonds is 61. The molecule has 0 heterocycles. The van der Waals surface area contributed by atoms with Crippen LogP contribution in [-0.4, -0.2) is 37.2 Å². The van der Waals surface area contributed by atoms with Gasteiger partial charge in [0.1, 0.15) is 13.2 Å². The standard InChI is InChI=1S/C72H126O6/c1-4-7-10-13-16-18-20-22-24-26-28-30-32-34-35-36-37-39-40-42-44-46-48-50-52-54-56-59-62-65-71(74)77-68-69(67-76-70(73)64-61-58-15-12-9-6-3)78-72(75)66-63-60-57-55-53-51-49-47-45-43-41-38-33-31-29-27-25-23-21-19-17-14-11-8-5-2/h7,10,16,18,22,24,27-30,34-35,37,39,69H,4-6,8-9,11-15,17,19-21,23,25-26,31-33,36,38,40-68H2,1-3H3/b10-7-,18-16-,24-22-,29-27-,30-28-,35-34-,39-37-. The van der Waals surface area contributed by atoms with Crippen LogP contribution in [-0.2, 0) is 28.6 Å². The van der Waals surface area contributed by atoms with Gasteiger partial charge in [-0.05, 0) is 96.3 Å². The summed E-state index contributed by atoms with van der Waals surface area (Å²) in [4.78, 5) is 38.1. The third kappa shape index (κ3) is 63.4. The first-order valence-electron chi connectivity index (χ1n) is 33.6. The average molecular weight is 1090 g/mol. The van der Waals surface area contributed by atoms with Crippen molar-refractivity contribution in [2.24, 2.45) is 0 Å². The molecular weight excluding hydrogens is 961 g/mol. The van der Waals surface area contributed by atoms with Crippen molar-refractivity contribution in [1.82, 2.24) is 0 Å². The molecule has 1 atom stereocenters. The van der Waals surface area contributed by atoms with E-state index in [2.05, 4.69) is 106 Å². The maximum absolute atomic E-state index is 12.9. The van der Waals surface area contributed by atoms with E-state index < -0.39 is 6.10 Å². The van der Waals surface area contributed by atoms with Crippen LogP contribution in [0.2, 0.25) is 0 Å². The SMILES string of the molecule is CC/C=C\C/C=C\C/C=C\C/C=C\C/C=C\C/C=C\CCCCCCCCCCCCC(=O)OCC(COC(=O)CCCCCCCC)OC(=O)CCCCCCCCCCCCCCC/C=C\CCCCCCCCCC. The smallest absolute Gasteiger partial charge is 0.306 e. The first kappa shape index (κ1) is 74.6. The molecule has 0 saturated heterocycles. The van der Waals surface area contributed by atoms with Crippen LogP contribution in [0.3, 0.4) is 0 Å². The van der Waals surface area contributed by atoms with Gasteiger partial charge in [0.2, 0.25) is 0 Å². The fraction of sp³-hybridized carbons (Fsp3) is 0.764. The largest absolute Gasteiger partial charge is 0.462 e. The summed E-state index contributed by atoms with van der Waals surface area (Å²) in [5.41, 5.74) is 0. The number of allylic oxidation sites excluding steroid dienone is 14. The summed E-state index contributed by atoms with van der Waals surface area (Å²) in [7, 11) is 0. The van der Waals surface area contributed by atoms with Crippen molar-refractivity contribution in [3.05, 3.63) is 85.1 Å². The van der Waals surface area contributed by atoms with Gasteiger partial charge in [0.25, 0.3) is 0 Å². The number of hydrogen-bond donors (Lipinski definition) is 0. The third-order valence-corrected chi connectivity index (χ3v) is 14.6. The highest BCUT2D eigenvalue weighted by Gasteiger charge is 2.19. The van der Waals surface area contributed by atoms with E-state index in [0.29, 0.717) is 19.3 Å². The van der Waals surface area contributed by atoms with Crippen LogP contribution in [0.5, 0.6) is 0 Å². The van der Waals surface area contributed by atoms with Crippen molar-refractivity contribution >= 4 is 17.9 Å². The minimum Gasteiger partial charge on any atom is -0.462 e. The molecule has 0 aromatic heterocycles. The first-order chi connectivity index (χ1) is 38.5. The molecule has 0 fully saturated rings. The molecule has 0 bridgehead atoms. The normalized spacial score (nSPS) is 12.6. The molecule has 0 rings (SSSR count). The second-order valence-electron chi connectivity index (χ2n) is 22.4.